The Bertz CT molecular complexity index is 919. The first-order chi connectivity index (χ1) is 14.2. The number of aliphatic hydroxyl groups excluding tert-OH is 1. The van der Waals surface area contributed by atoms with Crippen molar-refractivity contribution in [3.05, 3.63) is 54.3 Å². The topological polar surface area (TPSA) is 93.2 Å². The fourth-order valence-electron chi connectivity index (χ4n) is 3.51. The predicted molar refractivity (Wildman–Crippen MR) is 110 cm³/mol. The van der Waals surface area contributed by atoms with Gasteiger partial charge >= 0.3 is 0 Å². The molecule has 3 aromatic rings. The third kappa shape index (κ3) is 5.07. The molecule has 0 saturated heterocycles. The highest BCUT2D eigenvalue weighted by atomic mass is 32.2. The first-order valence-electron chi connectivity index (χ1n) is 9.80. The van der Waals surface area contributed by atoms with E-state index in [-0.39, 0.29) is 23.8 Å². The van der Waals surface area contributed by atoms with Crippen LogP contribution in [0.5, 0.6) is 0 Å². The molecule has 1 aromatic carbocycles. The van der Waals surface area contributed by atoms with E-state index in [1.807, 2.05) is 47.0 Å². The van der Waals surface area contributed by atoms with E-state index in [2.05, 4.69) is 15.5 Å². The smallest absolute Gasteiger partial charge is 0.230 e. The van der Waals surface area contributed by atoms with Crippen molar-refractivity contribution in [3.8, 4) is 11.6 Å². The van der Waals surface area contributed by atoms with Crippen LogP contribution in [0.4, 0.5) is 0 Å². The van der Waals surface area contributed by atoms with E-state index in [1.165, 1.54) is 11.8 Å². The quantitative estimate of drug-likeness (QED) is 0.579. The molecule has 4 rings (SSSR count). The van der Waals surface area contributed by atoms with Crippen LogP contribution in [0.1, 0.15) is 31.2 Å². The zero-order chi connectivity index (χ0) is 20.1. The van der Waals surface area contributed by atoms with Crippen LogP contribution in [0.15, 0.2) is 58.3 Å². The molecule has 1 amide bonds. The second-order valence-corrected chi connectivity index (χ2v) is 8.16. The van der Waals surface area contributed by atoms with Crippen LogP contribution in [0.3, 0.4) is 0 Å². The van der Waals surface area contributed by atoms with Crippen LogP contribution < -0.4 is 5.32 Å². The van der Waals surface area contributed by atoms with Crippen LogP contribution in [0, 0.1) is 0 Å². The zero-order valence-corrected chi connectivity index (χ0v) is 16.8. The highest BCUT2D eigenvalue weighted by Crippen LogP contribution is 2.26. The number of amides is 1. The Hall–Kier alpha value is -2.58. The van der Waals surface area contributed by atoms with Gasteiger partial charge in [0.25, 0.3) is 0 Å². The molecule has 7 nitrogen and oxygen atoms in total. The minimum atomic E-state index is -0.228. The van der Waals surface area contributed by atoms with Gasteiger partial charge in [-0.1, -0.05) is 42.1 Å². The van der Waals surface area contributed by atoms with Crippen molar-refractivity contribution in [3.63, 3.8) is 0 Å². The van der Waals surface area contributed by atoms with E-state index in [4.69, 9.17) is 4.42 Å². The number of rotatable bonds is 7. The van der Waals surface area contributed by atoms with Gasteiger partial charge < -0.3 is 14.8 Å². The molecule has 0 radical (unpaired) electrons. The highest BCUT2D eigenvalue weighted by Gasteiger charge is 2.22. The number of aliphatic hydroxyl groups is 1. The van der Waals surface area contributed by atoms with Crippen molar-refractivity contribution < 1.29 is 14.3 Å². The van der Waals surface area contributed by atoms with Gasteiger partial charge in [-0.3, -0.25) is 9.36 Å². The van der Waals surface area contributed by atoms with E-state index >= 15 is 0 Å². The molecule has 0 bridgehead atoms. The lowest BCUT2D eigenvalue weighted by atomic mass is 9.93. The number of hydrogen-bond donors (Lipinski definition) is 2. The number of benzene rings is 1. The number of thioether (sulfide) groups is 1. The van der Waals surface area contributed by atoms with Crippen LogP contribution in [0.25, 0.3) is 11.6 Å². The average molecular weight is 413 g/mol. The third-order valence-corrected chi connectivity index (χ3v) is 6.00. The minimum Gasteiger partial charge on any atom is -0.461 e. The maximum Gasteiger partial charge on any atom is 0.230 e. The normalized spacial score (nSPS) is 19.2. The number of aromatic nitrogens is 3. The maximum absolute atomic E-state index is 12.4. The van der Waals surface area contributed by atoms with E-state index in [0.717, 1.165) is 31.2 Å². The molecule has 8 heteroatoms. The Kier molecular flexibility index (Phi) is 6.31. The van der Waals surface area contributed by atoms with Crippen molar-refractivity contribution in [2.75, 3.05) is 5.75 Å². The van der Waals surface area contributed by atoms with Gasteiger partial charge in [-0.15, -0.1) is 10.2 Å². The van der Waals surface area contributed by atoms with E-state index < -0.39 is 0 Å². The van der Waals surface area contributed by atoms with E-state index in [9.17, 15) is 9.90 Å². The van der Waals surface area contributed by atoms with Gasteiger partial charge in [-0.05, 0) is 43.4 Å². The highest BCUT2D eigenvalue weighted by molar-refractivity contribution is 7.99. The molecule has 0 atom stereocenters. The fourth-order valence-corrected chi connectivity index (χ4v) is 4.26. The minimum absolute atomic E-state index is 0.0230. The fraction of sp³-hybridized carbons (Fsp3) is 0.381. The summed E-state index contributed by atoms with van der Waals surface area (Å²) in [4.78, 5) is 12.4. The van der Waals surface area contributed by atoms with Gasteiger partial charge in [0.15, 0.2) is 10.9 Å². The van der Waals surface area contributed by atoms with Crippen molar-refractivity contribution >= 4 is 17.7 Å². The van der Waals surface area contributed by atoms with Crippen molar-refractivity contribution in [1.29, 1.82) is 0 Å². The lowest BCUT2D eigenvalue weighted by molar-refractivity contribution is -0.119. The summed E-state index contributed by atoms with van der Waals surface area (Å²) < 4.78 is 7.49. The number of nitrogens with zero attached hydrogens (tertiary/aromatic N) is 3. The second-order valence-electron chi connectivity index (χ2n) is 7.22. The summed E-state index contributed by atoms with van der Waals surface area (Å²) >= 11 is 1.37. The Labute approximate surface area is 173 Å². The lowest BCUT2D eigenvalue weighted by Crippen LogP contribution is -2.39. The SMILES string of the molecule is O=C(CSc1nnc(-c2ccco2)n1Cc1ccccc1)NC1CCC(O)CC1. The molecule has 1 aliphatic carbocycles. The van der Waals surface area contributed by atoms with Crippen molar-refractivity contribution in [1.82, 2.24) is 20.1 Å². The predicted octanol–water partition coefficient (Wildman–Crippen LogP) is 3.10. The van der Waals surface area contributed by atoms with Gasteiger partial charge in [-0.2, -0.15) is 0 Å². The van der Waals surface area contributed by atoms with Crippen LogP contribution in [-0.2, 0) is 11.3 Å². The second kappa shape index (κ2) is 9.28. The van der Waals surface area contributed by atoms with Crippen LogP contribution in [-0.4, -0.2) is 43.7 Å². The van der Waals surface area contributed by atoms with Gasteiger partial charge in [0.2, 0.25) is 11.7 Å². The summed E-state index contributed by atoms with van der Waals surface area (Å²) in [7, 11) is 0. The molecule has 152 valence electrons. The van der Waals surface area contributed by atoms with E-state index in [1.54, 1.807) is 6.26 Å². The van der Waals surface area contributed by atoms with Crippen molar-refractivity contribution in [2.24, 2.45) is 0 Å². The zero-order valence-electron chi connectivity index (χ0n) is 16.0. The molecule has 0 spiro atoms. The van der Waals surface area contributed by atoms with E-state index in [0.29, 0.717) is 23.3 Å². The lowest BCUT2D eigenvalue weighted by Gasteiger charge is -2.26. The summed E-state index contributed by atoms with van der Waals surface area (Å²) in [6.07, 6.45) is 4.52. The van der Waals surface area contributed by atoms with Crippen LogP contribution >= 0.6 is 11.8 Å². The molecular weight excluding hydrogens is 388 g/mol. The molecule has 1 saturated carbocycles. The number of furan rings is 1. The monoisotopic (exact) mass is 412 g/mol. The third-order valence-electron chi connectivity index (χ3n) is 5.04. The summed E-state index contributed by atoms with van der Waals surface area (Å²) in [6.45, 7) is 0.592. The molecular formula is C21H24N4O3S. The van der Waals surface area contributed by atoms with Gasteiger partial charge in [0, 0.05) is 6.04 Å². The van der Waals surface area contributed by atoms with Gasteiger partial charge in [0.05, 0.1) is 24.7 Å². The summed E-state index contributed by atoms with van der Waals surface area (Å²) in [5.74, 6) is 1.53. The first-order valence-corrected chi connectivity index (χ1v) is 10.8. The average Bonchev–Trinajstić information content (AvgIpc) is 3.39. The number of nitrogens with one attached hydrogen (secondary N) is 1. The summed E-state index contributed by atoms with van der Waals surface area (Å²) in [6, 6.07) is 13.9. The Morgan fingerprint density at radius 3 is 2.66 bits per heavy atom. The molecule has 1 aliphatic rings. The number of hydrogen-bond acceptors (Lipinski definition) is 6. The maximum atomic E-state index is 12.4. The molecule has 2 N–H and O–H groups in total. The molecule has 0 aliphatic heterocycles. The van der Waals surface area contributed by atoms with Crippen LogP contribution in [0.2, 0.25) is 0 Å². The molecule has 2 heterocycles. The molecule has 2 aromatic heterocycles. The standard InChI is InChI=1S/C21H24N4O3S/c26-17-10-8-16(9-11-17)22-19(27)14-29-21-24-23-20(18-7-4-12-28-18)25(21)13-15-5-2-1-3-6-15/h1-7,12,16-17,26H,8-11,13-14H2,(H,22,27). The Morgan fingerprint density at radius 2 is 1.93 bits per heavy atom. The molecule has 29 heavy (non-hydrogen) atoms. The number of carbonyl (C=O) groups is 1. The largest absolute Gasteiger partial charge is 0.461 e. The van der Waals surface area contributed by atoms with Gasteiger partial charge in [-0.25, -0.2) is 0 Å². The summed E-state index contributed by atoms with van der Waals surface area (Å²) in [5.41, 5.74) is 1.12. The van der Waals surface area contributed by atoms with Crippen molar-refractivity contribution in [2.45, 2.75) is 49.5 Å². The Balaban J connectivity index is 1.44. The van der Waals surface area contributed by atoms with Gasteiger partial charge in [0.1, 0.15) is 0 Å². The first kappa shape index (κ1) is 19.7. The summed E-state index contributed by atoms with van der Waals surface area (Å²) in [5, 5.41) is 21.9. The number of carbonyl (C=O) groups excluding carboxylic acids is 1. The Morgan fingerprint density at radius 1 is 1.14 bits per heavy atom. The molecule has 1 fully saturated rings. The molecule has 0 unspecified atom stereocenters.